The van der Waals surface area contributed by atoms with Crippen LogP contribution in [0.1, 0.15) is 5.56 Å². The molecule has 10 heteroatoms. The Morgan fingerprint density at radius 3 is 2.39 bits per heavy atom. The van der Waals surface area contributed by atoms with Gasteiger partial charge in [0, 0.05) is 29.3 Å². The van der Waals surface area contributed by atoms with Crippen molar-refractivity contribution in [1.82, 2.24) is 9.97 Å². The molecule has 0 radical (unpaired) electrons. The number of nitrogens with zero attached hydrogens (tertiary/aromatic N) is 2. The van der Waals surface area contributed by atoms with Gasteiger partial charge >= 0.3 is 0 Å². The summed E-state index contributed by atoms with van der Waals surface area (Å²) < 4.78 is 29.5. The molecule has 8 nitrogen and oxygen atoms in total. The van der Waals surface area contributed by atoms with E-state index in [1.807, 2.05) is 0 Å². The lowest BCUT2D eigenvalue weighted by atomic mass is 10.1. The van der Waals surface area contributed by atoms with Crippen molar-refractivity contribution in [3.8, 4) is 17.2 Å². The van der Waals surface area contributed by atoms with E-state index in [1.165, 1.54) is 31.6 Å². The zero-order valence-electron chi connectivity index (χ0n) is 19.6. The van der Waals surface area contributed by atoms with Crippen LogP contribution in [0.2, 0.25) is 5.02 Å². The quantitative estimate of drug-likeness (QED) is 0.288. The number of ether oxygens (including phenoxy) is 3. The Morgan fingerprint density at radius 1 is 0.972 bits per heavy atom. The number of fused-ring (bicyclic) bond motifs is 1. The van der Waals surface area contributed by atoms with Crippen LogP contribution in [0.25, 0.3) is 17.0 Å². The van der Waals surface area contributed by atoms with Crippen molar-refractivity contribution in [2.24, 2.45) is 0 Å². The van der Waals surface area contributed by atoms with E-state index < -0.39 is 5.82 Å². The molecular weight excluding hydrogens is 487 g/mol. The van der Waals surface area contributed by atoms with E-state index in [4.69, 9.17) is 25.8 Å². The van der Waals surface area contributed by atoms with Crippen LogP contribution >= 0.6 is 11.6 Å². The number of aromatic nitrogens is 2. The summed E-state index contributed by atoms with van der Waals surface area (Å²) >= 11 is 5.90. The maximum atomic E-state index is 13.5. The summed E-state index contributed by atoms with van der Waals surface area (Å²) in [5, 5.41) is 6.52. The monoisotopic (exact) mass is 508 g/mol. The molecule has 0 saturated heterocycles. The fourth-order valence-electron chi connectivity index (χ4n) is 3.43. The third-order valence-corrected chi connectivity index (χ3v) is 5.49. The van der Waals surface area contributed by atoms with Gasteiger partial charge in [-0.1, -0.05) is 11.6 Å². The zero-order valence-corrected chi connectivity index (χ0v) is 20.4. The lowest BCUT2D eigenvalue weighted by molar-refractivity contribution is -0.111. The number of carbonyl (C=O) groups excluding carboxylic acids is 1. The Hall–Kier alpha value is -4.37. The molecule has 184 valence electrons. The number of carbonyl (C=O) groups is 1. The number of anilines is 3. The van der Waals surface area contributed by atoms with Gasteiger partial charge in [-0.05, 0) is 48.0 Å². The van der Waals surface area contributed by atoms with E-state index >= 15 is 0 Å². The van der Waals surface area contributed by atoms with E-state index in [0.717, 1.165) is 5.56 Å². The number of rotatable bonds is 8. The summed E-state index contributed by atoms with van der Waals surface area (Å²) in [6.07, 6.45) is 4.42. The van der Waals surface area contributed by atoms with Gasteiger partial charge in [-0.2, -0.15) is 0 Å². The lowest BCUT2D eigenvalue weighted by Gasteiger charge is -2.13. The number of hydrogen-bond donors (Lipinski definition) is 2. The fourth-order valence-corrected chi connectivity index (χ4v) is 3.61. The van der Waals surface area contributed by atoms with Gasteiger partial charge in [-0.3, -0.25) is 4.79 Å². The van der Waals surface area contributed by atoms with Crippen molar-refractivity contribution in [2.75, 3.05) is 32.0 Å². The summed E-state index contributed by atoms with van der Waals surface area (Å²) in [5.41, 5.74) is 2.26. The van der Waals surface area contributed by atoms with E-state index in [9.17, 15) is 9.18 Å². The number of nitrogens with one attached hydrogen (secondary N) is 2. The molecule has 3 aromatic carbocycles. The molecule has 0 atom stereocenters. The highest BCUT2D eigenvalue weighted by molar-refractivity contribution is 6.31. The van der Waals surface area contributed by atoms with Crippen LogP contribution in [-0.4, -0.2) is 37.2 Å². The Labute approximate surface area is 211 Å². The summed E-state index contributed by atoms with van der Waals surface area (Å²) in [4.78, 5) is 21.3. The van der Waals surface area contributed by atoms with Gasteiger partial charge < -0.3 is 24.8 Å². The second-order valence-corrected chi connectivity index (χ2v) is 7.92. The lowest BCUT2D eigenvalue weighted by Crippen LogP contribution is -2.09. The largest absolute Gasteiger partial charge is 0.497 e. The van der Waals surface area contributed by atoms with Crippen LogP contribution in [0.15, 0.2) is 60.9 Å². The highest BCUT2D eigenvalue weighted by atomic mass is 35.5. The second-order valence-electron chi connectivity index (χ2n) is 7.51. The van der Waals surface area contributed by atoms with Gasteiger partial charge in [0.15, 0.2) is 0 Å². The van der Waals surface area contributed by atoms with Crippen molar-refractivity contribution >= 4 is 51.7 Å². The molecule has 4 aromatic rings. The van der Waals surface area contributed by atoms with E-state index in [0.29, 0.717) is 45.3 Å². The first-order valence-electron chi connectivity index (χ1n) is 10.7. The summed E-state index contributed by atoms with van der Waals surface area (Å²) in [7, 11) is 4.60. The minimum atomic E-state index is -0.523. The van der Waals surface area contributed by atoms with Crippen molar-refractivity contribution in [2.45, 2.75) is 0 Å². The number of benzene rings is 3. The second kappa shape index (κ2) is 10.9. The van der Waals surface area contributed by atoms with Gasteiger partial charge in [-0.25, -0.2) is 14.4 Å². The molecule has 0 spiro atoms. The van der Waals surface area contributed by atoms with E-state index in [2.05, 4.69) is 20.6 Å². The summed E-state index contributed by atoms with van der Waals surface area (Å²) in [6.45, 7) is 0. The normalized spacial score (nSPS) is 10.9. The highest BCUT2D eigenvalue weighted by Gasteiger charge is 2.13. The van der Waals surface area contributed by atoms with Gasteiger partial charge in [0.25, 0.3) is 0 Å². The smallest absolute Gasteiger partial charge is 0.248 e. The Morgan fingerprint density at radius 2 is 1.72 bits per heavy atom. The molecule has 0 aliphatic heterocycles. The zero-order chi connectivity index (χ0) is 25.7. The molecule has 0 unspecified atom stereocenters. The average molecular weight is 509 g/mol. The molecule has 2 N–H and O–H groups in total. The maximum Gasteiger partial charge on any atom is 0.248 e. The molecule has 4 rings (SSSR count). The predicted octanol–water partition coefficient (Wildman–Crippen LogP) is 5.84. The van der Waals surface area contributed by atoms with Crippen LogP contribution in [0.5, 0.6) is 17.2 Å². The molecule has 0 aliphatic carbocycles. The summed E-state index contributed by atoms with van der Waals surface area (Å²) in [5.74, 6) is 1.17. The van der Waals surface area contributed by atoms with Crippen LogP contribution in [0.4, 0.5) is 21.6 Å². The number of methoxy groups -OCH3 is 3. The molecule has 0 bridgehead atoms. The Kier molecular flexibility index (Phi) is 7.50. The number of halogens is 2. The average Bonchev–Trinajstić information content (AvgIpc) is 2.89. The fraction of sp³-hybridized carbons (Fsp3) is 0.115. The molecule has 36 heavy (non-hydrogen) atoms. The number of amides is 1. The first kappa shape index (κ1) is 24.7. The van der Waals surface area contributed by atoms with Crippen LogP contribution in [-0.2, 0) is 4.79 Å². The summed E-state index contributed by atoms with van der Waals surface area (Å²) in [6, 6.07) is 12.9. The first-order chi connectivity index (χ1) is 17.4. The van der Waals surface area contributed by atoms with Crippen molar-refractivity contribution < 1.29 is 23.4 Å². The van der Waals surface area contributed by atoms with E-state index in [1.54, 1.807) is 56.7 Å². The highest BCUT2D eigenvalue weighted by Crippen LogP contribution is 2.33. The van der Waals surface area contributed by atoms with Gasteiger partial charge in [-0.15, -0.1) is 0 Å². The van der Waals surface area contributed by atoms with Crippen molar-refractivity contribution in [1.29, 1.82) is 0 Å². The van der Waals surface area contributed by atoms with Gasteiger partial charge in [0.2, 0.25) is 5.91 Å². The standard InChI is InChI=1S/C26H22ClFN4O4/c1-34-17-8-15(9-18(11-17)35-2)4-7-25(33)32-23-12-19-22(13-24(23)36-3)29-14-30-26(19)31-16-5-6-21(28)20(27)10-16/h4-14H,1-3H3,(H,32,33)(H,29,30,31). The molecule has 1 aromatic heterocycles. The van der Waals surface area contributed by atoms with Crippen LogP contribution in [0, 0.1) is 5.82 Å². The van der Waals surface area contributed by atoms with Crippen LogP contribution < -0.4 is 24.8 Å². The Bertz CT molecular complexity index is 1440. The molecular formula is C26H22ClFN4O4. The van der Waals surface area contributed by atoms with E-state index in [-0.39, 0.29) is 10.9 Å². The maximum absolute atomic E-state index is 13.5. The molecule has 0 aliphatic rings. The van der Waals surface area contributed by atoms with Crippen molar-refractivity contribution in [3.63, 3.8) is 0 Å². The first-order valence-corrected chi connectivity index (χ1v) is 11.0. The molecule has 0 fully saturated rings. The number of hydrogen-bond acceptors (Lipinski definition) is 7. The predicted molar refractivity (Wildman–Crippen MR) is 138 cm³/mol. The molecule has 1 amide bonds. The molecule has 1 heterocycles. The van der Waals surface area contributed by atoms with Crippen LogP contribution in [0.3, 0.4) is 0 Å². The Balaban J connectivity index is 1.62. The third-order valence-electron chi connectivity index (χ3n) is 5.20. The SMILES string of the molecule is COc1cc(C=CC(=O)Nc2cc3c(Nc4ccc(F)c(Cl)c4)ncnc3cc2OC)cc(OC)c1. The topological polar surface area (TPSA) is 94.6 Å². The van der Waals surface area contributed by atoms with Gasteiger partial charge in [0.05, 0.1) is 37.6 Å². The van der Waals surface area contributed by atoms with Gasteiger partial charge in [0.1, 0.15) is 35.2 Å². The van der Waals surface area contributed by atoms with Crippen molar-refractivity contribution in [3.05, 3.63) is 77.3 Å². The minimum absolute atomic E-state index is 0.0200. The minimum Gasteiger partial charge on any atom is -0.497 e. The molecule has 0 saturated carbocycles. The third kappa shape index (κ3) is 5.64.